The molecule has 3 heteroatoms. The first-order valence-electron chi connectivity index (χ1n) is 8.25. The molecule has 1 aromatic rings. The molecule has 0 radical (unpaired) electrons. The quantitative estimate of drug-likeness (QED) is 0.902. The molecule has 0 amide bonds. The molecule has 0 bridgehead atoms. The van der Waals surface area contributed by atoms with Gasteiger partial charge in [0, 0.05) is 25.2 Å². The zero-order valence-corrected chi connectivity index (χ0v) is 13.9. The predicted octanol–water partition coefficient (Wildman–Crippen LogP) is 3.45. The van der Waals surface area contributed by atoms with Crippen molar-refractivity contribution in [1.29, 1.82) is 0 Å². The summed E-state index contributed by atoms with van der Waals surface area (Å²) in [6, 6.07) is 9.34. The molecule has 1 fully saturated rings. The molecular weight excluding hydrogens is 260 g/mol. The smallest absolute Gasteiger partial charge is 0.119 e. The lowest BCUT2D eigenvalue weighted by atomic mass is 9.84. The van der Waals surface area contributed by atoms with Gasteiger partial charge in [0.05, 0.1) is 6.61 Å². The van der Waals surface area contributed by atoms with Gasteiger partial charge in [0.25, 0.3) is 0 Å². The van der Waals surface area contributed by atoms with Crippen LogP contribution in [0.3, 0.4) is 0 Å². The third kappa shape index (κ3) is 3.78. The van der Waals surface area contributed by atoms with E-state index in [0.717, 1.165) is 24.1 Å². The van der Waals surface area contributed by atoms with Crippen LogP contribution in [0, 0.1) is 11.8 Å². The van der Waals surface area contributed by atoms with Gasteiger partial charge >= 0.3 is 0 Å². The van der Waals surface area contributed by atoms with E-state index in [0.29, 0.717) is 25.2 Å². The number of hydrogen-bond donors (Lipinski definition) is 1. The van der Waals surface area contributed by atoms with Crippen LogP contribution in [-0.2, 0) is 0 Å². The van der Waals surface area contributed by atoms with Crippen LogP contribution < -0.4 is 10.5 Å². The number of nitrogens with zero attached hydrogens (tertiary/aromatic N) is 1. The van der Waals surface area contributed by atoms with Crippen molar-refractivity contribution in [3.8, 4) is 5.75 Å². The second kappa shape index (κ2) is 7.28. The van der Waals surface area contributed by atoms with Crippen molar-refractivity contribution in [3.63, 3.8) is 0 Å². The van der Waals surface area contributed by atoms with Gasteiger partial charge < -0.3 is 10.5 Å². The first-order valence-corrected chi connectivity index (χ1v) is 8.25. The van der Waals surface area contributed by atoms with Crippen LogP contribution in [-0.4, -0.2) is 30.6 Å². The Morgan fingerprint density at radius 3 is 2.48 bits per heavy atom. The first-order chi connectivity index (χ1) is 10.1. The molecule has 1 aliphatic heterocycles. The van der Waals surface area contributed by atoms with Gasteiger partial charge in [-0.25, -0.2) is 0 Å². The maximum absolute atomic E-state index is 6.11. The van der Waals surface area contributed by atoms with Crippen LogP contribution in [0.1, 0.15) is 45.7 Å². The van der Waals surface area contributed by atoms with Crippen molar-refractivity contribution >= 4 is 0 Å². The molecule has 1 aliphatic rings. The van der Waals surface area contributed by atoms with Crippen molar-refractivity contribution in [1.82, 2.24) is 4.90 Å². The Labute approximate surface area is 129 Å². The van der Waals surface area contributed by atoms with Crippen LogP contribution in [0.25, 0.3) is 0 Å². The Morgan fingerprint density at radius 2 is 1.90 bits per heavy atom. The van der Waals surface area contributed by atoms with E-state index in [1.807, 2.05) is 6.92 Å². The number of rotatable bonds is 5. The zero-order valence-electron chi connectivity index (χ0n) is 13.9. The van der Waals surface area contributed by atoms with Crippen molar-refractivity contribution in [2.24, 2.45) is 17.6 Å². The summed E-state index contributed by atoms with van der Waals surface area (Å²) < 4.78 is 5.53. The highest BCUT2D eigenvalue weighted by Gasteiger charge is 2.33. The van der Waals surface area contributed by atoms with Gasteiger partial charge in [0.1, 0.15) is 5.75 Å². The molecular formula is C18H30N2O. The zero-order chi connectivity index (χ0) is 15.4. The molecule has 1 saturated heterocycles. The summed E-state index contributed by atoms with van der Waals surface area (Å²) in [5.74, 6) is 2.41. The molecule has 4 atom stereocenters. The summed E-state index contributed by atoms with van der Waals surface area (Å²) in [5, 5.41) is 0. The minimum atomic E-state index is 0.306. The molecule has 0 aliphatic carbocycles. The maximum atomic E-state index is 6.11. The highest BCUT2D eigenvalue weighted by atomic mass is 16.5. The summed E-state index contributed by atoms with van der Waals surface area (Å²) in [6.07, 6.45) is 1.32. The van der Waals surface area contributed by atoms with E-state index in [-0.39, 0.29) is 0 Å². The monoisotopic (exact) mass is 290 g/mol. The molecule has 1 aromatic carbocycles. The molecule has 1 heterocycles. The Morgan fingerprint density at radius 1 is 1.24 bits per heavy atom. The highest BCUT2D eigenvalue weighted by molar-refractivity contribution is 5.29. The molecule has 4 unspecified atom stereocenters. The van der Waals surface area contributed by atoms with E-state index in [9.17, 15) is 0 Å². The maximum Gasteiger partial charge on any atom is 0.119 e. The van der Waals surface area contributed by atoms with E-state index in [2.05, 4.69) is 49.9 Å². The van der Waals surface area contributed by atoms with Gasteiger partial charge in [-0.05, 0) is 49.8 Å². The number of likely N-dealkylation sites (tertiary alicyclic amines) is 1. The second-order valence-corrected chi connectivity index (χ2v) is 6.51. The fourth-order valence-electron chi connectivity index (χ4n) is 3.59. The van der Waals surface area contributed by atoms with E-state index in [4.69, 9.17) is 10.5 Å². The summed E-state index contributed by atoms with van der Waals surface area (Å²) in [6.45, 7) is 11.6. The fraction of sp³-hybridized carbons (Fsp3) is 0.667. The topological polar surface area (TPSA) is 38.5 Å². The van der Waals surface area contributed by atoms with E-state index < -0.39 is 0 Å². The lowest BCUT2D eigenvalue weighted by Crippen LogP contribution is -2.49. The number of nitrogens with two attached hydrogens (primary N) is 1. The minimum Gasteiger partial charge on any atom is -0.494 e. The molecule has 2 rings (SSSR count). The average molecular weight is 290 g/mol. The molecule has 0 spiro atoms. The van der Waals surface area contributed by atoms with E-state index in [1.165, 1.54) is 12.0 Å². The Kier molecular flexibility index (Phi) is 5.65. The van der Waals surface area contributed by atoms with Crippen LogP contribution in [0.15, 0.2) is 24.3 Å². The predicted molar refractivity (Wildman–Crippen MR) is 88.5 cm³/mol. The molecule has 3 nitrogen and oxygen atoms in total. The molecule has 0 aromatic heterocycles. The lowest BCUT2D eigenvalue weighted by Gasteiger charge is -2.45. The summed E-state index contributed by atoms with van der Waals surface area (Å²) in [7, 11) is 0. The fourth-order valence-corrected chi connectivity index (χ4v) is 3.59. The molecule has 21 heavy (non-hydrogen) atoms. The van der Waals surface area contributed by atoms with Gasteiger partial charge in [-0.3, -0.25) is 4.90 Å². The van der Waals surface area contributed by atoms with Crippen LogP contribution in [0.2, 0.25) is 0 Å². The van der Waals surface area contributed by atoms with Crippen molar-refractivity contribution in [2.75, 3.05) is 19.7 Å². The molecule has 2 N–H and O–H groups in total. The Bertz CT molecular complexity index is 431. The normalized spacial score (nSPS) is 28.3. The summed E-state index contributed by atoms with van der Waals surface area (Å²) >= 11 is 0. The van der Waals surface area contributed by atoms with Crippen molar-refractivity contribution < 1.29 is 4.74 Å². The van der Waals surface area contributed by atoms with E-state index >= 15 is 0 Å². The Balaban J connectivity index is 2.17. The average Bonchev–Trinajstić information content (AvgIpc) is 2.47. The third-order valence-electron chi connectivity index (χ3n) is 4.84. The Hall–Kier alpha value is -1.06. The van der Waals surface area contributed by atoms with Gasteiger partial charge in [-0.1, -0.05) is 26.0 Å². The van der Waals surface area contributed by atoms with Crippen LogP contribution in [0.4, 0.5) is 0 Å². The van der Waals surface area contributed by atoms with Gasteiger partial charge in [-0.15, -0.1) is 0 Å². The lowest BCUT2D eigenvalue weighted by molar-refractivity contribution is 0.0424. The molecule has 118 valence electrons. The number of benzene rings is 1. The number of piperidine rings is 1. The van der Waals surface area contributed by atoms with Gasteiger partial charge in [-0.2, -0.15) is 0 Å². The van der Waals surface area contributed by atoms with Crippen LogP contribution >= 0.6 is 0 Å². The number of ether oxygens (including phenoxy) is 1. The van der Waals surface area contributed by atoms with Gasteiger partial charge in [0.2, 0.25) is 0 Å². The SMILES string of the molecule is CCOc1ccc(C(CN)N2CC(C)CC(C)C2C)cc1. The first kappa shape index (κ1) is 16.3. The second-order valence-electron chi connectivity index (χ2n) is 6.51. The van der Waals surface area contributed by atoms with Crippen molar-refractivity contribution in [2.45, 2.75) is 46.2 Å². The van der Waals surface area contributed by atoms with E-state index in [1.54, 1.807) is 0 Å². The number of hydrogen-bond acceptors (Lipinski definition) is 3. The molecule has 0 saturated carbocycles. The summed E-state index contributed by atoms with van der Waals surface area (Å²) in [4.78, 5) is 2.59. The standard InChI is InChI=1S/C18H30N2O/c1-5-21-17-8-6-16(7-9-17)18(11-19)20-12-13(2)10-14(3)15(20)4/h6-9,13-15,18H,5,10-12,19H2,1-4H3. The summed E-state index contributed by atoms with van der Waals surface area (Å²) in [5.41, 5.74) is 7.41. The third-order valence-corrected chi connectivity index (χ3v) is 4.84. The van der Waals surface area contributed by atoms with Gasteiger partial charge in [0.15, 0.2) is 0 Å². The minimum absolute atomic E-state index is 0.306. The van der Waals surface area contributed by atoms with Crippen LogP contribution in [0.5, 0.6) is 5.75 Å². The van der Waals surface area contributed by atoms with Crippen molar-refractivity contribution in [3.05, 3.63) is 29.8 Å². The highest BCUT2D eigenvalue weighted by Crippen LogP contribution is 2.33. The largest absolute Gasteiger partial charge is 0.494 e.